The standard InChI is InChI=1S/C17H24O4/c1-13-8-9-15(21-17(13)18)10-16(19-2)12-20-11-14-6-4-3-5-7-14/h3-7,13,15-16H,8-12H2,1-2H3/t13-,15+,16+/m1/s1. The summed E-state index contributed by atoms with van der Waals surface area (Å²) in [5, 5.41) is 0. The van der Waals surface area contributed by atoms with E-state index in [0.29, 0.717) is 19.6 Å². The van der Waals surface area contributed by atoms with E-state index in [1.807, 2.05) is 37.3 Å². The highest BCUT2D eigenvalue weighted by Gasteiger charge is 2.28. The predicted molar refractivity (Wildman–Crippen MR) is 79.8 cm³/mol. The smallest absolute Gasteiger partial charge is 0.308 e. The summed E-state index contributed by atoms with van der Waals surface area (Å²) in [6.07, 6.45) is 2.42. The summed E-state index contributed by atoms with van der Waals surface area (Å²) in [5.41, 5.74) is 1.14. The Morgan fingerprint density at radius 3 is 2.71 bits per heavy atom. The van der Waals surface area contributed by atoms with E-state index in [0.717, 1.165) is 18.4 Å². The summed E-state index contributed by atoms with van der Waals surface area (Å²) >= 11 is 0. The zero-order valence-electron chi connectivity index (χ0n) is 12.8. The number of methoxy groups -OCH3 is 1. The number of cyclic esters (lactones) is 1. The summed E-state index contributed by atoms with van der Waals surface area (Å²) < 4.78 is 16.6. The average Bonchev–Trinajstić information content (AvgIpc) is 2.51. The summed E-state index contributed by atoms with van der Waals surface area (Å²) in [7, 11) is 1.67. The molecule has 1 aromatic carbocycles. The molecule has 1 heterocycles. The van der Waals surface area contributed by atoms with Gasteiger partial charge in [0.1, 0.15) is 6.10 Å². The van der Waals surface area contributed by atoms with Crippen molar-refractivity contribution in [2.75, 3.05) is 13.7 Å². The van der Waals surface area contributed by atoms with Crippen LogP contribution in [0.3, 0.4) is 0 Å². The van der Waals surface area contributed by atoms with Crippen molar-refractivity contribution in [1.82, 2.24) is 0 Å². The highest BCUT2D eigenvalue weighted by Crippen LogP contribution is 2.23. The van der Waals surface area contributed by atoms with E-state index in [4.69, 9.17) is 14.2 Å². The van der Waals surface area contributed by atoms with Crippen LogP contribution in [0.2, 0.25) is 0 Å². The monoisotopic (exact) mass is 292 g/mol. The first-order chi connectivity index (χ1) is 10.2. The first-order valence-electron chi connectivity index (χ1n) is 7.54. The Morgan fingerprint density at radius 2 is 2.05 bits per heavy atom. The Labute approximate surface area is 126 Å². The van der Waals surface area contributed by atoms with E-state index < -0.39 is 0 Å². The van der Waals surface area contributed by atoms with E-state index in [9.17, 15) is 4.79 Å². The molecule has 4 heteroatoms. The molecule has 1 aromatic rings. The lowest BCUT2D eigenvalue weighted by Gasteiger charge is -2.28. The van der Waals surface area contributed by atoms with Gasteiger partial charge in [0, 0.05) is 13.5 Å². The van der Waals surface area contributed by atoms with Crippen LogP contribution in [0.4, 0.5) is 0 Å². The molecule has 1 saturated heterocycles. The van der Waals surface area contributed by atoms with Crippen molar-refractivity contribution in [1.29, 1.82) is 0 Å². The van der Waals surface area contributed by atoms with Gasteiger partial charge in [0.25, 0.3) is 0 Å². The second-order valence-electron chi connectivity index (χ2n) is 5.63. The van der Waals surface area contributed by atoms with Crippen LogP contribution in [0.1, 0.15) is 31.7 Å². The van der Waals surface area contributed by atoms with Crippen molar-refractivity contribution in [2.24, 2.45) is 5.92 Å². The third-order valence-corrected chi connectivity index (χ3v) is 3.88. The fourth-order valence-corrected chi connectivity index (χ4v) is 2.47. The van der Waals surface area contributed by atoms with Gasteiger partial charge in [0.15, 0.2) is 0 Å². The molecule has 0 unspecified atom stereocenters. The third kappa shape index (κ3) is 5.14. The number of rotatable bonds is 7. The summed E-state index contributed by atoms with van der Waals surface area (Å²) in [4.78, 5) is 11.6. The summed E-state index contributed by atoms with van der Waals surface area (Å²) in [6, 6.07) is 10.0. The predicted octanol–water partition coefficient (Wildman–Crippen LogP) is 2.95. The Balaban J connectivity index is 1.72. The van der Waals surface area contributed by atoms with Gasteiger partial charge in [-0.25, -0.2) is 0 Å². The molecule has 2 rings (SSSR count). The van der Waals surface area contributed by atoms with Crippen LogP contribution in [0.5, 0.6) is 0 Å². The van der Waals surface area contributed by atoms with Gasteiger partial charge >= 0.3 is 5.97 Å². The van der Waals surface area contributed by atoms with Crippen LogP contribution in [0.25, 0.3) is 0 Å². The van der Waals surface area contributed by atoms with Gasteiger partial charge in [-0.3, -0.25) is 4.79 Å². The third-order valence-electron chi connectivity index (χ3n) is 3.88. The molecule has 1 aliphatic rings. The number of ether oxygens (including phenoxy) is 3. The molecule has 3 atom stereocenters. The Bertz CT molecular complexity index is 432. The van der Waals surface area contributed by atoms with Gasteiger partial charge in [-0.1, -0.05) is 37.3 Å². The Morgan fingerprint density at radius 1 is 1.29 bits per heavy atom. The van der Waals surface area contributed by atoms with Crippen LogP contribution in [-0.2, 0) is 25.6 Å². The maximum atomic E-state index is 11.6. The molecule has 116 valence electrons. The maximum Gasteiger partial charge on any atom is 0.308 e. The van der Waals surface area contributed by atoms with E-state index in [2.05, 4.69) is 0 Å². The number of esters is 1. The number of hydrogen-bond donors (Lipinski definition) is 0. The first kappa shape index (κ1) is 16.0. The van der Waals surface area contributed by atoms with Gasteiger partial charge in [-0.15, -0.1) is 0 Å². The number of hydrogen-bond acceptors (Lipinski definition) is 4. The normalized spacial score (nSPS) is 23.6. The van der Waals surface area contributed by atoms with Gasteiger partial charge in [0.05, 0.1) is 25.2 Å². The fourth-order valence-electron chi connectivity index (χ4n) is 2.47. The fraction of sp³-hybridized carbons (Fsp3) is 0.588. The van der Waals surface area contributed by atoms with Crippen molar-refractivity contribution in [3.05, 3.63) is 35.9 Å². The van der Waals surface area contributed by atoms with E-state index in [1.165, 1.54) is 0 Å². The topological polar surface area (TPSA) is 44.8 Å². The average molecular weight is 292 g/mol. The van der Waals surface area contributed by atoms with Crippen molar-refractivity contribution in [2.45, 2.75) is 45.0 Å². The lowest BCUT2D eigenvalue weighted by molar-refractivity contribution is -0.162. The summed E-state index contributed by atoms with van der Waals surface area (Å²) in [5.74, 6) is -0.0668. The maximum absolute atomic E-state index is 11.6. The Kier molecular flexibility index (Phi) is 6.21. The van der Waals surface area contributed by atoms with Crippen LogP contribution in [0, 0.1) is 5.92 Å². The van der Waals surface area contributed by atoms with Crippen molar-refractivity contribution >= 4 is 5.97 Å². The van der Waals surface area contributed by atoms with Gasteiger partial charge in [0.2, 0.25) is 0 Å². The SMILES string of the molecule is CO[C@H](COCc1ccccc1)C[C@@H]1CC[C@@H](C)C(=O)O1. The van der Waals surface area contributed by atoms with Crippen molar-refractivity contribution < 1.29 is 19.0 Å². The van der Waals surface area contributed by atoms with Crippen LogP contribution < -0.4 is 0 Å². The van der Waals surface area contributed by atoms with Crippen molar-refractivity contribution in [3.63, 3.8) is 0 Å². The van der Waals surface area contributed by atoms with Crippen LogP contribution in [-0.4, -0.2) is 31.9 Å². The highest BCUT2D eigenvalue weighted by molar-refractivity contribution is 5.72. The molecule has 0 radical (unpaired) electrons. The van der Waals surface area contributed by atoms with Gasteiger partial charge in [-0.05, 0) is 18.4 Å². The second-order valence-corrected chi connectivity index (χ2v) is 5.63. The van der Waals surface area contributed by atoms with E-state index in [-0.39, 0.29) is 24.1 Å². The molecule has 0 saturated carbocycles. The van der Waals surface area contributed by atoms with Gasteiger partial charge in [-0.2, -0.15) is 0 Å². The highest BCUT2D eigenvalue weighted by atomic mass is 16.6. The number of benzene rings is 1. The lowest BCUT2D eigenvalue weighted by atomic mass is 9.96. The molecule has 4 nitrogen and oxygen atoms in total. The number of carbonyl (C=O) groups is 1. The molecule has 0 aliphatic carbocycles. The quantitative estimate of drug-likeness (QED) is 0.725. The lowest BCUT2D eigenvalue weighted by Crippen LogP contribution is -2.34. The molecule has 0 aromatic heterocycles. The molecular weight excluding hydrogens is 268 g/mol. The molecule has 0 bridgehead atoms. The Hall–Kier alpha value is -1.39. The molecule has 0 spiro atoms. The zero-order chi connectivity index (χ0) is 15.1. The second kappa shape index (κ2) is 8.15. The first-order valence-corrected chi connectivity index (χ1v) is 7.54. The van der Waals surface area contributed by atoms with E-state index >= 15 is 0 Å². The van der Waals surface area contributed by atoms with E-state index in [1.54, 1.807) is 7.11 Å². The molecule has 1 aliphatic heterocycles. The minimum Gasteiger partial charge on any atom is -0.462 e. The molecular formula is C17H24O4. The molecule has 1 fully saturated rings. The summed E-state index contributed by atoms with van der Waals surface area (Å²) in [6.45, 7) is 2.99. The number of carbonyl (C=O) groups excluding carboxylic acids is 1. The van der Waals surface area contributed by atoms with Crippen molar-refractivity contribution in [3.8, 4) is 0 Å². The molecule has 0 N–H and O–H groups in total. The van der Waals surface area contributed by atoms with Crippen LogP contribution in [0.15, 0.2) is 30.3 Å². The molecule has 21 heavy (non-hydrogen) atoms. The van der Waals surface area contributed by atoms with Crippen LogP contribution >= 0.6 is 0 Å². The molecule has 0 amide bonds. The zero-order valence-corrected chi connectivity index (χ0v) is 12.8. The minimum atomic E-state index is -0.0914. The largest absolute Gasteiger partial charge is 0.462 e. The van der Waals surface area contributed by atoms with Gasteiger partial charge < -0.3 is 14.2 Å². The minimum absolute atomic E-state index is 0.0246.